The first-order chi connectivity index (χ1) is 8.26. The van der Waals surface area contributed by atoms with E-state index in [1.54, 1.807) is 0 Å². The number of halogens is 1. The molecule has 0 unspecified atom stereocenters. The third-order valence-corrected chi connectivity index (χ3v) is 4.49. The number of hydrogen-bond acceptors (Lipinski definition) is 1. The summed E-state index contributed by atoms with van der Waals surface area (Å²) < 4.78 is 0. The lowest BCUT2D eigenvalue weighted by atomic mass is 9.83. The largest absolute Gasteiger partial charge is 0.306 e. The molecule has 1 aromatic carbocycles. The van der Waals surface area contributed by atoms with Crippen LogP contribution >= 0.6 is 11.6 Å². The van der Waals surface area contributed by atoms with Crippen LogP contribution in [0.1, 0.15) is 43.2 Å². The molecule has 0 heterocycles. The van der Waals surface area contributed by atoms with E-state index in [0.717, 1.165) is 12.4 Å². The summed E-state index contributed by atoms with van der Waals surface area (Å²) in [6.07, 6.45) is 6.44. The van der Waals surface area contributed by atoms with E-state index >= 15 is 0 Å². The first kappa shape index (κ1) is 12.9. The average molecular weight is 252 g/mol. The zero-order chi connectivity index (χ0) is 12.1. The van der Waals surface area contributed by atoms with E-state index in [1.165, 1.54) is 43.2 Å². The predicted octanol–water partition coefficient (Wildman–Crippen LogP) is 4.03. The van der Waals surface area contributed by atoms with Gasteiger partial charge in [0.15, 0.2) is 0 Å². The van der Waals surface area contributed by atoms with Crippen LogP contribution in [-0.4, -0.2) is 11.4 Å². The summed E-state index contributed by atoms with van der Waals surface area (Å²) in [6, 6.07) is 8.58. The number of alkyl halides is 1. The zero-order valence-electron chi connectivity index (χ0n) is 10.6. The van der Waals surface area contributed by atoms with Gasteiger partial charge in [-0.25, -0.2) is 0 Å². The second-order valence-corrected chi connectivity index (χ2v) is 5.52. The smallest absolute Gasteiger partial charge is 0.0406 e. The van der Waals surface area contributed by atoms with Crippen molar-refractivity contribution in [3.05, 3.63) is 35.4 Å². The van der Waals surface area contributed by atoms with E-state index in [4.69, 9.17) is 11.6 Å². The van der Waals surface area contributed by atoms with Gasteiger partial charge in [0.05, 0.1) is 0 Å². The highest BCUT2D eigenvalue weighted by atomic mass is 35.5. The Morgan fingerprint density at radius 1 is 1.18 bits per heavy atom. The van der Waals surface area contributed by atoms with Gasteiger partial charge in [-0.15, -0.1) is 11.6 Å². The van der Waals surface area contributed by atoms with Crippen LogP contribution < -0.4 is 5.32 Å². The molecule has 1 aliphatic rings. The Morgan fingerprint density at radius 2 is 1.88 bits per heavy atom. The summed E-state index contributed by atoms with van der Waals surface area (Å²) in [5, 5.41) is 3.71. The Labute approximate surface area is 110 Å². The molecule has 1 nitrogen and oxygen atoms in total. The molecule has 0 aliphatic heterocycles. The van der Waals surface area contributed by atoms with Crippen molar-refractivity contribution in [2.75, 3.05) is 5.88 Å². The molecule has 0 bridgehead atoms. The van der Waals surface area contributed by atoms with E-state index in [2.05, 4.69) is 36.5 Å². The minimum absolute atomic E-state index is 0.183. The van der Waals surface area contributed by atoms with Crippen molar-refractivity contribution in [2.45, 2.75) is 51.1 Å². The summed E-state index contributed by atoms with van der Waals surface area (Å²) in [6.45, 7) is 3.12. The van der Waals surface area contributed by atoms with Gasteiger partial charge >= 0.3 is 0 Å². The summed E-state index contributed by atoms with van der Waals surface area (Å²) in [4.78, 5) is 0. The Bertz CT molecular complexity index is 356. The van der Waals surface area contributed by atoms with Crippen LogP contribution in [0.5, 0.6) is 0 Å². The van der Waals surface area contributed by atoms with E-state index in [0.29, 0.717) is 0 Å². The molecule has 17 heavy (non-hydrogen) atoms. The van der Waals surface area contributed by atoms with Crippen LogP contribution in [0, 0.1) is 6.92 Å². The molecular weight excluding hydrogens is 230 g/mol. The monoisotopic (exact) mass is 251 g/mol. The van der Waals surface area contributed by atoms with Gasteiger partial charge in [-0.1, -0.05) is 43.5 Å². The van der Waals surface area contributed by atoms with Gasteiger partial charge in [0.1, 0.15) is 0 Å². The van der Waals surface area contributed by atoms with Crippen molar-refractivity contribution >= 4 is 11.6 Å². The molecule has 2 heteroatoms. The van der Waals surface area contributed by atoms with Crippen molar-refractivity contribution in [3.8, 4) is 0 Å². The number of benzene rings is 1. The number of nitrogens with one attached hydrogen (secondary N) is 1. The Hall–Kier alpha value is -0.530. The average Bonchev–Trinajstić information content (AvgIpc) is 2.39. The van der Waals surface area contributed by atoms with Gasteiger partial charge < -0.3 is 5.32 Å². The Balaban J connectivity index is 1.98. The highest BCUT2D eigenvalue weighted by Crippen LogP contribution is 2.29. The third kappa shape index (κ3) is 3.23. The standard InChI is InChI=1S/C15H22ClN/c1-13-7-3-4-8-14(13)11-17-15(12-16)9-5-2-6-10-15/h3-4,7-8,17H,2,5-6,9-12H2,1H3. The lowest BCUT2D eigenvalue weighted by molar-refractivity contribution is 0.256. The van der Waals surface area contributed by atoms with Gasteiger partial charge in [-0.3, -0.25) is 0 Å². The van der Waals surface area contributed by atoms with Crippen molar-refractivity contribution in [1.29, 1.82) is 0 Å². The molecular formula is C15H22ClN. The van der Waals surface area contributed by atoms with Crippen LogP contribution in [0.4, 0.5) is 0 Å². The molecule has 0 aromatic heterocycles. The van der Waals surface area contributed by atoms with Gasteiger partial charge in [0, 0.05) is 18.0 Å². The van der Waals surface area contributed by atoms with Crippen molar-refractivity contribution in [1.82, 2.24) is 5.32 Å². The Morgan fingerprint density at radius 3 is 2.53 bits per heavy atom. The molecule has 1 fully saturated rings. The van der Waals surface area contributed by atoms with Crippen molar-refractivity contribution in [2.24, 2.45) is 0 Å². The molecule has 1 aromatic rings. The minimum Gasteiger partial charge on any atom is -0.306 e. The fraction of sp³-hybridized carbons (Fsp3) is 0.600. The van der Waals surface area contributed by atoms with Crippen LogP contribution in [0.25, 0.3) is 0 Å². The molecule has 1 aliphatic carbocycles. The quantitative estimate of drug-likeness (QED) is 0.797. The molecule has 1 N–H and O–H groups in total. The second kappa shape index (κ2) is 5.88. The van der Waals surface area contributed by atoms with Crippen molar-refractivity contribution < 1.29 is 0 Å². The Kier molecular flexibility index (Phi) is 4.47. The van der Waals surface area contributed by atoms with E-state index < -0.39 is 0 Å². The third-order valence-electron chi connectivity index (χ3n) is 3.98. The summed E-state index contributed by atoms with van der Waals surface area (Å²) >= 11 is 6.18. The summed E-state index contributed by atoms with van der Waals surface area (Å²) in [5.74, 6) is 0.735. The van der Waals surface area contributed by atoms with E-state index in [9.17, 15) is 0 Å². The lowest BCUT2D eigenvalue weighted by Crippen LogP contribution is -2.48. The van der Waals surface area contributed by atoms with E-state index in [-0.39, 0.29) is 5.54 Å². The van der Waals surface area contributed by atoms with Crippen LogP contribution in [0.15, 0.2) is 24.3 Å². The van der Waals surface area contributed by atoms with Gasteiger partial charge in [-0.2, -0.15) is 0 Å². The highest BCUT2D eigenvalue weighted by molar-refractivity contribution is 6.18. The molecule has 1 saturated carbocycles. The summed E-state index contributed by atoms with van der Waals surface area (Å²) in [7, 11) is 0. The fourth-order valence-electron chi connectivity index (χ4n) is 2.68. The maximum atomic E-state index is 6.18. The lowest BCUT2D eigenvalue weighted by Gasteiger charge is -2.37. The molecule has 2 rings (SSSR count). The molecule has 0 amide bonds. The maximum absolute atomic E-state index is 6.18. The van der Waals surface area contributed by atoms with Crippen LogP contribution in [-0.2, 0) is 6.54 Å². The minimum atomic E-state index is 0.183. The van der Waals surface area contributed by atoms with E-state index in [1.807, 2.05) is 0 Å². The maximum Gasteiger partial charge on any atom is 0.0406 e. The van der Waals surface area contributed by atoms with Crippen molar-refractivity contribution in [3.63, 3.8) is 0 Å². The van der Waals surface area contributed by atoms with Gasteiger partial charge in [-0.05, 0) is 30.9 Å². The molecule has 0 atom stereocenters. The molecule has 0 radical (unpaired) electrons. The topological polar surface area (TPSA) is 12.0 Å². The SMILES string of the molecule is Cc1ccccc1CNC1(CCl)CCCCC1. The molecule has 0 spiro atoms. The van der Waals surface area contributed by atoms with Gasteiger partial charge in [0.25, 0.3) is 0 Å². The number of rotatable bonds is 4. The zero-order valence-corrected chi connectivity index (χ0v) is 11.4. The summed E-state index contributed by atoms with van der Waals surface area (Å²) in [5.41, 5.74) is 2.94. The molecule has 0 saturated heterocycles. The van der Waals surface area contributed by atoms with Gasteiger partial charge in [0.2, 0.25) is 0 Å². The van der Waals surface area contributed by atoms with Crippen LogP contribution in [0.2, 0.25) is 0 Å². The second-order valence-electron chi connectivity index (χ2n) is 5.25. The fourth-order valence-corrected chi connectivity index (χ4v) is 3.04. The predicted molar refractivity (Wildman–Crippen MR) is 74.6 cm³/mol. The molecule has 94 valence electrons. The number of hydrogen-bond donors (Lipinski definition) is 1. The highest BCUT2D eigenvalue weighted by Gasteiger charge is 2.30. The normalized spacial score (nSPS) is 19.2. The first-order valence-electron chi connectivity index (χ1n) is 6.61. The first-order valence-corrected chi connectivity index (χ1v) is 7.15. The van der Waals surface area contributed by atoms with Crippen LogP contribution in [0.3, 0.4) is 0 Å². The number of aryl methyl sites for hydroxylation is 1.